The number of hydrogen-bond donors (Lipinski definition) is 1. The first-order chi connectivity index (χ1) is 13.4. The molecule has 1 aliphatic rings. The Kier molecular flexibility index (Phi) is 6.18. The number of halogens is 3. The van der Waals surface area contributed by atoms with Crippen molar-refractivity contribution >= 4 is 17.4 Å². The molecule has 2 heterocycles. The monoisotopic (exact) mass is 392 g/mol. The lowest BCUT2D eigenvalue weighted by atomic mass is 10.1. The quantitative estimate of drug-likeness (QED) is 0.844. The maximum absolute atomic E-state index is 12.7. The second-order valence-electron chi connectivity index (χ2n) is 6.71. The fourth-order valence-corrected chi connectivity index (χ4v) is 3.36. The Bertz CT molecular complexity index is 772. The standard InChI is InChI=1S/C20H23F3N4O/c1-2-17(19(28)25-16-6-4-3-5-7-16)26-10-12-27(13-11-26)18-9-8-15(14-24-18)20(21,22)23/h3-9,14,17H,2,10-13H2,1H3,(H,25,28). The molecule has 1 aromatic carbocycles. The smallest absolute Gasteiger partial charge is 0.354 e. The summed E-state index contributed by atoms with van der Waals surface area (Å²) in [5.41, 5.74) is 0.0112. The molecule has 0 aliphatic carbocycles. The van der Waals surface area contributed by atoms with E-state index in [0.29, 0.717) is 38.4 Å². The highest BCUT2D eigenvalue weighted by Crippen LogP contribution is 2.29. The van der Waals surface area contributed by atoms with Crippen LogP contribution in [0.15, 0.2) is 48.7 Å². The molecule has 3 rings (SSSR count). The average molecular weight is 392 g/mol. The van der Waals surface area contributed by atoms with E-state index in [0.717, 1.165) is 18.0 Å². The largest absolute Gasteiger partial charge is 0.417 e. The summed E-state index contributed by atoms with van der Waals surface area (Å²) in [6.45, 7) is 4.47. The molecule has 0 saturated carbocycles. The number of amides is 1. The maximum Gasteiger partial charge on any atom is 0.417 e. The summed E-state index contributed by atoms with van der Waals surface area (Å²) in [6.07, 6.45) is -2.84. The van der Waals surface area contributed by atoms with Gasteiger partial charge in [-0.15, -0.1) is 0 Å². The number of anilines is 2. The van der Waals surface area contributed by atoms with E-state index in [2.05, 4.69) is 15.2 Å². The Balaban J connectivity index is 1.58. The molecule has 150 valence electrons. The van der Waals surface area contributed by atoms with Crippen LogP contribution >= 0.6 is 0 Å². The highest BCUT2D eigenvalue weighted by atomic mass is 19.4. The summed E-state index contributed by atoms with van der Waals surface area (Å²) in [5.74, 6) is 0.476. The molecule has 1 aliphatic heterocycles. The average Bonchev–Trinajstić information content (AvgIpc) is 2.69. The van der Waals surface area contributed by atoms with Gasteiger partial charge in [0.25, 0.3) is 0 Å². The molecule has 0 spiro atoms. The molecule has 1 atom stereocenters. The van der Waals surface area contributed by atoms with E-state index in [9.17, 15) is 18.0 Å². The maximum atomic E-state index is 12.7. The van der Waals surface area contributed by atoms with E-state index in [1.165, 1.54) is 6.07 Å². The van der Waals surface area contributed by atoms with Crippen molar-refractivity contribution in [1.29, 1.82) is 0 Å². The predicted molar refractivity (Wildman–Crippen MR) is 102 cm³/mol. The summed E-state index contributed by atoms with van der Waals surface area (Å²) in [5, 5.41) is 2.94. The molecule has 1 unspecified atom stereocenters. The Morgan fingerprint density at radius 1 is 1.11 bits per heavy atom. The van der Waals surface area contributed by atoms with Crippen molar-refractivity contribution in [2.24, 2.45) is 0 Å². The van der Waals surface area contributed by atoms with Crippen molar-refractivity contribution < 1.29 is 18.0 Å². The molecule has 1 N–H and O–H groups in total. The number of nitrogens with one attached hydrogen (secondary N) is 1. The second-order valence-corrected chi connectivity index (χ2v) is 6.71. The first-order valence-electron chi connectivity index (χ1n) is 9.26. The van der Waals surface area contributed by atoms with Gasteiger partial charge in [-0.1, -0.05) is 25.1 Å². The normalized spacial score (nSPS) is 16.6. The fraction of sp³-hybridized carbons (Fsp3) is 0.400. The summed E-state index contributed by atoms with van der Waals surface area (Å²) in [7, 11) is 0. The fourth-order valence-electron chi connectivity index (χ4n) is 3.36. The van der Waals surface area contributed by atoms with Crippen molar-refractivity contribution in [2.45, 2.75) is 25.6 Å². The van der Waals surface area contributed by atoms with E-state index < -0.39 is 11.7 Å². The number of piperazine rings is 1. The Morgan fingerprint density at radius 2 is 1.79 bits per heavy atom. The van der Waals surface area contributed by atoms with E-state index in [1.807, 2.05) is 42.2 Å². The minimum atomic E-state index is -4.38. The van der Waals surface area contributed by atoms with Crippen LogP contribution in [0.2, 0.25) is 0 Å². The minimum absolute atomic E-state index is 0.0465. The number of carbonyl (C=O) groups is 1. The molecule has 1 saturated heterocycles. The number of para-hydroxylation sites is 1. The number of benzene rings is 1. The number of carbonyl (C=O) groups excluding carboxylic acids is 1. The summed E-state index contributed by atoms with van der Waals surface area (Å²) < 4.78 is 38.0. The zero-order valence-electron chi connectivity index (χ0n) is 15.6. The highest BCUT2D eigenvalue weighted by Gasteiger charge is 2.32. The number of alkyl halides is 3. The summed E-state index contributed by atoms with van der Waals surface area (Å²) in [6, 6.07) is 11.5. The SMILES string of the molecule is CCC(C(=O)Nc1ccccc1)N1CCN(c2ccc(C(F)(F)F)cn2)CC1. The van der Waals surface area contributed by atoms with Crippen molar-refractivity contribution in [3.8, 4) is 0 Å². The minimum Gasteiger partial charge on any atom is -0.354 e. The van der Waals surface area contributed by atoms with Gasteiger partial charge in [0.15, 0.2) is 0 Å². The van der Waals surface area contributed by atoms with Crippen LogP contribution in [0, 0.1) is 0 Å². The van der Waals surface area contributed by atoms with Gasteiger partial charge in [-0.3, -0.25) is 9.69 Å². The van der Waals surface area contributed by atoms with Gasteiger partial charge < -0.3 is 10.2 Å². The van der Waals surface area contributed by atoms with E-state index in [-0.39, 0.29) is 11.9 Å². The van der Waals surface area contributed by atoms with Gasteiger partial charge >= 0.3 is 6.18 Å². The Morgan fingerprint density at radius 3 is 2.32 bits per heavy atom. The van der Waals surface area contributed by atoms with Gasteiger partial charge in [0.2, 0.25) is 5.91 Å². The second kappa shape index (κ2) is 8.60. The van der Waals surface area contributed by atoms with Gasteiger partial charge in [-0.2, -0.15) is 13.2 Å². The van der Waals surface area contributed by atoms with E-state index >= 15 is 0 Å². The number of aromatic nitrogens is 1. The van der Waals surface area contributed by atoms with Crippen LogP contribution in [0.25, 0.3) is 0 Å². The number of rotatable bonds is 5. The molecule has 1 aromatic heterocycles. The number of hydrogen-bond acceptors (Lipinski definition) is 4. The predicted octanol–water partition coefficient (Wildman–Crippen LogP) is 3.64. The van der Waals surface area contributed by atoms with Crippen LogP contribution in [0.4, 0.5) is 24.7 Å². The zero-order valence-corrected chi connectivity index (χ0v) is 15.6. The lowest BCUT2D eigenvalue weighted by Gasteiger charge is -2.38. The molecule has 1 fully saturated rings. The van der Waals surface area contributed by atoms with Crippen LogP contribution in [0.3, 0.4) is 0 Å². The van der Waals surface area contributed by atoms with Crippen LogP contribution < -0.4 is 10.2 Å². The van der Waals surface area contributed by atoms with E-state index in [1.54, 1.807) is 0 Å². The van der Waals surface area contributed by atoms with Gasteiger partial charge in [0, 0.05) is 38.1 Å². The first kappa shape index (κ1) is 20.1. The lowest BCUT2D eigenvalue weighted by Crippen LogP contribution is -2.53. The van der Waals surface area contributed by atoms with Gasteiger partial charge in [0.05, 0.1) is 11.6 Å². The topological polar surface area (TPSA) is 48.5 Å². The van der Waals surface area contributed by atoms with Crippen LogP contribution in [-0.4, -0.2) is 48.0 Å². The molecule has 0 bridgehead atoms. The van der Waals surface area contributed by atoms with Crippen molar-refractivity contribution in [3.63, 3.8) is 0 Å². The van der Waals surface area contributed by atoms with Crippen LogP contribution in [0.1, 0.15) is 18.9 Å². The Labute approximate surface area is 162 Å². The van der Waals surface area contributed by atoms with Crippen molar-refractivity contribution in [3.05, 3.63) is 54.2 Å². The summed E-state index contributed by atoms with van der Waals surface area (Å²) in [4.78, 5) is 20.7. The molecule has 8 heteroatoms. The molecular weight excluding hydrogens is 369 g/mol. The molecular formula is C20H23F3N4O. The van der Waals surface area contributed by atoms with Crippen LogP contribution in [-0.2, 0) is 11.0 Å². The van der Waals surface area contributed by atoms with Gasteiger partial charge in [-0.25, -0.2) is 4.98 Å². The zero-order chi connectivity index (χ0) is 20.1. The van der Waals surface area contributed by atoms with Crippen molar-refractivity contribution in [1.82, 2.24) is 9.88 Å². The molecule has 28 heavy (non-hydrogen) atoms. The van der Waals surface area contributed by atoms with Gasteiger partial charge in [0.1, 0.15) is 5.82 Å². The number of nitrogens with zero attached hydrogens (tertiary/aromatic N) is 3. The third kappa shape index (κ3) is 4.81. The van der Waals surface area contributed by atoms with Gasteiger partial charge in [-0.05, 0) is 30.7 Å². The van der Waals surface area contributed by atoms with Crippen molar-refractivity contribution in [2.75, 3.05) is 36.4 Å². The molecule has 0 radical (unpaired) electrons. The first-order valence-corrected chi connectivity index (χ1v) is 9.26. The molecule has 2 aromatic rings. The van der Waals surface area contributed by atoms with Crippen LogP contribution in [0.5, 0.6) is 0 Å². The highest BCUT2D eigenvalue weighted by molar-refractivity contribution is 5.94. The van der Waals surface area contributed by atoms with E-state index in [4.69, 9.17) is 0 Å². The Hall–Kier alpha value is -2.61. The lowest BCUT2D eigenvalue weighted by molar-refractivity contribution is -0.137. The summed E-state index contributed by atoms with van der Waals surface area (Å²) >= 11 is 0. The third-order valence-electron chi connectivity index (χ3n) is 4.88. The molecule has 5 nitrogen and oxygen atoms in total. The third-order valence-corrected chi connectivity index (χ3v) is 4.88. The number of pyridine rings is 1. The molecule has 1 amide bonds.